The first kappa shape index (κ1) is 10.1. The number of phenols is 2. The summed E-state index contributed by atoms with van der Waals surface area (Å²) < 4.78 is 0. The molecule has 0 unspecified atom stereocenters. The molecule has 0 heterocycles. The van der Waals surface area contributed by atoms with Gasteiger partial charge >= 0.3 is 0 Å². The van der Waals surface area contributed by atoms with Gasteiger partial charge in [0.25, 0.3) is 0 Å². The normalized spacial score (nSPS) is 11.0. The predicted octanol–water partition coefficient (Wildman–Crippen LogP) is 2.85. The van der Waals surface area contributed by atoms with Crippen molar-refractivity contribution >= 4 is 5.57 Å². The van der Waals surface area contributed by atoms with Crippen LogP contribution in [-0.4, -0.2) is 10.2 Å². The molecule has 0 saturated heterocycles. The van der Waals surface area contributed by atoms with E-state index in [1.54, 1.807) is 18.2 Å². The van der Waals surface area contributed by atoms with Gasteiger partial charge in [-0.25, -0.2) is 0 Å². The Labute approximate surface area is 83.1 Å². The minimum Gasteiger partial charge on any atom is -0.508 e. The monoisotopic (exact) mass is 188 g/mol. The number of aromatic hydroxyl groups is 2. The van der Waals surface area contributed by atoms with Gasteiger partial charge in [0, 0.05) is 5.56 Å². The van der Waals surface area contributed by atoms with Crippen LogP contribution in [0.15, 0.2) is 49.6 Å². The van der Waals surface area contributed by atoms with Gasteiger partial charge in [-0.1, -0.05) is 31.4 Å². The number of benzene rings is 1. The van der Waals surface area contributed by atoms with E-state index in [-0.39, 0.29) is 11.5 Å². The minimum absolute atomic E-state index is 0.106. The van der Waals surface area contributed by atoms with Crippen LogP contribution < -0.4 is 0 Å². The summed E-state index contributed by atoms with van der Waals surface area (Å²) in [6.45, 7) is 7.18. The van der Waals surface area contributed by atoms with E-state index in [0.717, 1.165) is 0 Å². The van der Waals surface area contributed by atoms with Crippen molar-refractivity contribution in [3.05, 3.63) is 55.1 Å². The topological polar surface area (TPSA) is 40.5 Å². The van der Waals surface area contributed by atoms with E-state index in [0.29, 0.717) is 11.1 Å². The first-order valence-corrected chi connectivity index (χ1v) is 4.16. The highest BCUT2D eigenvalue weighted by Gasteiger charge is 2.04. The van der Waals surface area contributed by atoms with Gasteiger partial charge in [-0.3, -0.25) is 0 Å². The van der Waals surface area contributed by atoms with Crippen LogP contribution in [0.25, 0.3) is 5.57 Å². The third-order valence-corrected chi connectivity index (χ3v) is 1.81. The van der Waals surface area contributed by atoms with E-state index in [4.69, 9.17) is 0 Å². The molecule has 0 aromatic heterocycles. The quantitative estimate of drug-likeness (QED) is 0.565. The van der Waals surface area contributed by atoms with Crippen LogP contribution in [-0.2, 0) is 0 Å². The maximum Gasteiger partial charge on any atom is 0.123 e. The molecule has 0 aliphatic rings. The molecule has 1 aromatic rings. The van der Waals surface area contributed by atoms with Crippen molar-refractivity contribution in [2.75, 3.05) is 0 Å². The third kappa shape index (κ3) is 2.04. The standard InChI is InChI=1S/C12H12O2/c1-3-5-9(4-2)11-8-10(13)6-7-12(11)14/h3-8,13-14H,1-2H2/b9-5+. The Morgan fingerprint density at radius 1 is 1.21 bits per heavy atom. The molecule has 72 valence electrons. The summed E-state index contributed by atoms with van der Waals surface area (Å²) in [5.41, 5.74) is 1.26. The fourth-order valence-electron chi connectivity index (χ4n) is 1.15. The average Bonchev–Trinajstić information content (AvgIpc) is 2.18. The molecule has 0 aliphatic carbocycles. The Kier molecular flexibility index (Phi) is 3.13. The summed E-state index contributed by atoms with van der Waals surface area (Å²) in [7, 11) is 0. The van der Waals surface area contributed by atoms with E-state index < -0.39 is 0 Å². The molecule has 1 aromatic carbocycles. The molecule has 0 radical (unpaired) electrons. The lowest BCUT2D eigenvalue weighted by Gasteiger charge is -2.05. The van der Waals surface area contributed by atoms with E-state index in [9.17, 15) is 10.2 Å². The van der Waals surface area contributed by atoms with Crippen LogP contribution in [0.5, 0.6) is 11.5 Å². The Morgan fingerprint density at radius 3 is 2.50 bits per heavy atom. The zero-order valence-corrected chi connectivity index (χ0v) is 7.77. The summed E-state index contributed by atoms with van der Waals surface area (Å²) in [4.78, 5) is 0. The Bertz CT molecular complexity index is 389. The fraction of sp³-hybridized carbons (Fsp3) is 0. The van der Waals surface area contributed by atoms with Crippen molar-refractivity contribution < 1.29 is 10.2 Å². The zero-order chi connectivity index (χ0) is 10.6. The molecule has 2 heteroatoms. The fourth-order valence-corrected chi connectivity index (χ4v) is 1.15. The van der Waals surface area contributed by atoms with Crippen molar-refractivity contribution in [3.63, 3.8) is 0 Å². The summed E-state index contributed by atoms with van der Waals surface area (Å²) in [5.74, 6) is 0.213. The highest BCUT2D eigenvalue weighted by Crippen LogP contribution is 2.29. The molecular weight excluding hydrogens is 176 g/mol. The Morgan fingerprint density at radius 2 is 1.93 bits per heavy atom. The molecule has 2 nitrogen and oxygen atoms in total. The Hall–Kier alpha value is -1.96. The third-order valence-electron chi connectivity index (χ3n) is 1.81. The molecule has 0 saturated carbocycles. The number of hydrogen-bond donors (Lipinski definition) is 2. The van der Waals surface area contributed by atoms with Crippen LogP contribution >= 0.6 is 0 Å². The lowest BCUT2D eigenvalue weighted by molar-refractivity contribution is 0.459. The van der Waals surface area contributed by atoms with Gasteiger partial charge in [-0.05, 0) is 23.8 Å². The molecule has 0 amide bonds. The van der Waals surface area contributed by atoms with Gasteiger partial charge in [0.2, 0.25) is 0 Å². The summed E-state index contributed by atoms with van der Waals surface area (Å²) >= 11 is 0. The molecular formula is C12H12O2. The highest BCUT2D eigenvalue weighted by atomic mass is 16.3. The molecule has 14 heavy (non-hydrogen) atoms. The molecule has 2 N–H and O–H groups in total. The highest BCUT2D eigenvalue weighted by molar-refractivity contribution is 5.78. The van der Waals surface area contributed by atoms with Crippen molar-refractivity contribution in [1.29, 1.82) is 0 Å². The zero-order valence-electron chi connectivity index (χ0n) is 7.77. The van der Waals surface area contributed by atoms with Crippen molar-refractivity contribution in [3.8, 4) is 11.5 Å². The summed E-state index contributed by atoms with van der Waals surface area (Å²) in [6.07, 6.45) is 4.90. The minimum atomic E-state index is 0.106. The maximum absolute atomic E-state index is 9.53. The molecule has 0 fully saturated rings. The number of rotatable bonds is 3. The number of allylic oxidation sites excluding steroid dienone is 4. The summed E-state index contributed by atoms with van der Waals surface area (Å²) in [5, 5.41) is 18.8. The van der Waals surface area contributed by atoms with Gasteiger partial charge in [0.1, 0.15) is 11.5 Å². The first-order valence-electron chi connectivity index (χ1n) is 4.16. The van der Waals surface area contributed by atoms with E-state index in [1.807, 2.05) is 0 Å². The smallest absolute Gasteiger partial charge is 0.123 e. The molecule has 0 spiro atoms. The predicted molar refractivity (Wildman–Crippen MR) is 58.1 cm³/mol. The Balaban J connectivity index is 3.28. The summed E-state index contributed by atoms with van der Waals surface area (Å²) in [6, 6.07) is 4.34. The van der Waals surface area contributed by atoms with Crippen LogP contribution in [0.1, 0.15) is 5.56 Å². The second-order valence-corrected chi connectivity index (χ2v) is 2.76. The molecule has 0 aliphatic heterocycles. The van der Waals surface area contributed by atoms with Gasteiger partial charge in [-0.15, -0.1) is 0 Å². The van der Waals surface area contributed by atoms with Crippen LogP contribution in [0.2, 0.25) is 0 Å². The van der Waals surface area contributed by atoms with Crippen LogP contribution in [0.3, 0.4) is 0 Å². The van der Waals surface area contributed by atoms with Crippen molar-refractivity contribution in [2.45, 2.75) is 0 Å². The van der Waals surface area contributed by atoms with Crippen LogP contribution in [0, 0.1) is 0 Å². The van der Waals surface area contributed by atoms with Crippen LogP contribution in [0.4, 0.5) is 0 Å². The van der Waals surface area contributed by atoms with Gasteiger partial charge in [-0.2, -0.15) is 0 Å². The lowest BCUT2D eigenvalue weighted by Crippen LogP contribution is -1.81. The van der Waals surface area contributed by atoms with Gasteiger partial charge in [0.05, 0.1) is 0 Å². The molecule has 0 atom stereocenters. The largest absolute Gasteiger partial charge is 0.508 e. The second-order valence-electron chi connectivity index (χ2n) is 2.76. The number of hydrogen-bond acceptors (Lipinski definition) is 2. The average molecular weight is 188 g/mol. The van der Waals surface area contributed by atoms with E-state index in [2.05, 4.69) is 13.2 Å². The van der Waals surface area contributed by atoms with Crippen molar-refractivity contribution in [2.24, 2.45) is 0 Å². The van der Waals surface area contributed by atoms with E-state index in [1.165, 1.54) is 18.2 Å². The molecule has 1 rings (SSSR count). The van der Waals surface area contributed by atoms with Crippen molar-refractivity contribution in [1.82, 2.24) is 0 Å². The SMILES string of the molecule is C=C/C=C(\C=C)c1cc(O)ccc1O. The van der Waals surface area contributed by atoms with E-state index >= 15 is 0 Å². The lowest BCUT2D eigenvalue weighted by atomic mass is 10.0. The second kappa shape index (κ2) is 4.33. The van der Waals surface area contributed by atoms with Gasteiger partial charge < -0.3 is 10.2 Å². The van der Waals surface area contributed by atoms with Gasteiger partial charge in [0.15, 0.2) is 0 Å². The maximum atomic E-state index is 9.53. The number of phenolic OH excluding ortho intramolecular Hbond substituents is 2. The first-order chi connectivity index (χ1) is 6.69. The molecule has 0 bridgehead atoms.